The summed E-state index contributed by atoms with van der Waals surface area (Å²) in [6, 6.07) is 0. The molecule has 3 fully saturated rings. The van der Waals surface area contributed by atoms with Crippen LogP contribution in [0.5, 0.6) is 0 Å². The van der Waals surface area contributed by atoms with E-state index in [0.717, 1.165) is 54.9 Å². The molecule has 0 N–H and O–H groups in total. The van der Waals surface area contributed by atoms with E-state index < -0.39 is 0 Å². The molecule has 0 aromatic heterocycles. The van der Waals surface area contributed by atoms with Crippen molar-refractivity contribution in [2.45, 2.75) is 99.3 Å². The fraction of sp³-hybridized carbons (Fsp3) is 0.893. The van der Waals surface area contributed by atoms with E-state index in [0.29, 0.717) is 11.3 Å². The van der Waals surface area contributed by atoms with E-state index in [-0.39, 0.29) is 5.41 Å². The lowest BCUT2D eigenvalue weighted by Gasteiger charge is -2.57. The van der Waals surface area contributed by atoms with E-state index in [1.54, 1.807) is 0 Å². The highest BCUT2D eigenvalue weighted by atomic mass is 16.5. The zero-order valence-corrected chi connectivity index (χ0v) is 20.6. The van der Waals surface area contributed by atoms with E-state index >= 15 is 0 Å². The summed E-state index contributed by atoms with van der Waals surface area (Å²) in [6.07, 6.45) is 16.6. The normalized spacial score (nSPS) is 43.4. The number of nitrogens with zero attached hydrogens (tertiary/aromatic N) is 1. The van der Waals surface area contributed by atoms with Crippen LogP contribution in [0.3, 0.4) is 0 Å². The van der Waals surface area contributed by atoms with Gasteiger partial charge in [-0.3, -0.25) is 0 Å². The predicted molar refractivity (Wildman–Crippen MR) is 128 cm³/mol. The van der Waals surface area contributed by atoms with E-state index in [4.69, 9.17) is 0 Å². The molecule has 1 unspecified atom stereocenters. The van der Waals surface area contributed by atoms with Crippen LogP contribution in [0.2, 0.25) is 0 Å². The van der Waals surface area contributed by atoms with Crippen molar-refractivity contribution in [2.24, 2.45) is 52.3 Å². The van der Waals surface area contributed by atoms with Gasteiger partial charge in [0.2, 0.25) is 0 Å². The summed E-state index contributed by atoms with van der Waals surface area (Å²) in [4.78, 5) is 0. The van der Waals surface area contributed by atoms with Crippen molar-refractivity contribution >= 4 is 5.71 Å². The fourth-order valence-corrected chi connectivity index (χ4v) is 8.93. The Bertz CT molecular complexity index is 693. The second kappa shape index (κ2) is 8.28. The van der Waals surface area contributed by atoms with Crippen LogP contribution in [0.4, 0.5) is 0 Å². The van der Waals surface area contributed by atoms with Gasteiger partial charge in [0.15, 0.2) is 12.3 Å². The molecule has 3 aliphatic carbocycles. The first kappa shape index (κ1) is 22.4. The number of hydrogen-bond donors (Lipinski definition) is 0. The van der Waals surface area contributed by atoms with Crippen molar-refractivity contribution in [2.75, 3.05) is 6.54 Å². The zero-order chi connectivity index (χ0) is 21.7. The van der Waals surface area contributed by atoms with Gasteiger partial charge in [-0.25, -0.2) is 4.74 Å². The fourth-order valence-electron chi connectivity index (χ4n) is 8.93. The van der Waals surface area contributed by atoms with Crippen LogP contribution in [-0.2, 0) is 0 Å². The maximum Gasteiger partial charge on any atom is 0.169 e. The molecule has 0 aromatic carbocycles. The zero-order valence-electron chi connectivity index (χ0n) is 20.6. The van der Waals surface area contributed by atoms with Crippen LogP contribution in [0.25, 0.3) is 0 Å². The number of hydroxylamine groups is 1. The maximum atomic E-state index is 12.6. The molecule has 1 aliphatic heterocycles. The summed E-state index contributed by atoms with van der Waals surface area (Å²) in [6.45, 7) is 15.4. The van der Waals surface area contributed by atoms with Gasteiger partial charge in [-0.1, -0.05) is 46.8 Å². The Kier molecular flexibility index (Phi) is 6.19. The standard InChI is InChI=1S/C28H47NO/c1-7-21(19(2)3)10-9-20(4)23-12-13-24-22-11-14-26-28(6,16-8-18-29(26)30)25(22)15-17-27(23,24)5/h9-10,19-25H,7-8,11-18H2,1-6H3/b10-9+/t20-,21?,22+,23-,24+,25+,27-,28-/m1/s1. The average molecular weight is 414 g/mol. The molecule has 8 atom stereocenters. The van der Waals surface area contributed by atoms with Gasteiger partial charge in [0, 0.05) is 12.8 Å². The van der Waals surface area contributed by atoms with Crippen LogP contribution in [0.15, 0.2) is 12.2 Å². The summed E-state index contributed by atoms with van der Waals surface area (Å²) < 4.78 is 1.40. The third-order valence-corrected chi connectivity index (χ3v) is 10.7. The molecule has 2 nitrogen and oxygen atoms in total. The van der Waals surface area contributed by atoms with Gasteiger partial charge in [-0.2, -0.15) is 0 Å². The Hall–Kier alpha value is -0.790. The van der Waals surface area contributed by atoms with Crippen molar-refractivity contribution in [3.05, 3.63) is 17.4 Å². The van der Waals surface area contributed by atoms with Gasteiger partial charge in [0.25, 0.3) is 0 Å². The quantitative estimate of drug-likeness (QED) is 0.261. The first-order valence-corrected chi connectivity index (χ1v) is 13.2. The lowest BCUT2D eigenvalue weighted by molar-refractivity contribution is -0.473. The Morgan fingerprint density at radius 1 is 1.03 bits per heavy atom. The van der Waals surface area contributed by atoms with Gasteiger partial charge < -0.3 is 5.21 Å². The molecule has 0 radical (unpaired) electrons. The van der Waals surface area contributed by atoms with Gasteiger partial charge in [0.1, 0.15) is 0 Å². The molecule has 0 amide bonds. The number of hydrogen-bond acceptors (Lipinski definition) is 1. The Labute approximate surface area is 186 Å². The molecule has 4 rings (SSSR count). The Morgan fingerprint density at radius 3 is 2.50 bits per heavy atom. The molecule has 0 spiro atoms. The summed E-state index contributed by atoms with van der Waals surface area (Å²) in [7, 11) is 0. The largest absolute Gasteiger partial charge is 0.624 e. The van der Waals surface area contributed by atoms with Gasteiger partial charge in [-0.05, 0) is 98.7 Å². The van der Waals surface area contributed by atoms with Gasteiger partial charge >= 0.3 is 0 Å². The molecule has 170 valence electrons. The van der Waals surface area contributed by atoms with Crippen LogP contribution < -0.4 is 0 Å². The molecular weight excluding hydrogens is 366 g/mol. The monoisotopic (exact) mass is 413 g/mol. The number of rotatable bonds is 5. The van der Waals surface area contributed by atoms with Crippen molar-refractivity contribution in [1.29, 1.82) is 0 Å². The molecule has 0 aromatic rings. The minimum absolute atomic E-state index is 0.194. The minimum Gasteiger partial charge on any atom is -0.624 e. The number of allylic oxidation sites excluding steroid dienone is 2. The van der Waals surface area contributed by atoms with Crippen LogP contribution >= 0.6 is 0 Å². The highest BCUT2D eigenvalue weighted by Crippen LogP contribution is 2.66. The highest BCUT2D eigenvalue weighted by molar-refractivity contribution is 5.87. The van der Waals surface area contributed by atoms with Crippen molar-refractivity contribution in [1.82, 2.24) is 0 Å². The van der Waals surface area contributed by atoms with Crippen LogP contribution in [0, 0.1) is 57.5 Å². The van der Waals surface area contributed by atoms with Crippen LogP contribution in [0.1, 0.15) is 99.3 Å². The van der Waals surface area contributed by atoms with Crippen LogP contribution in [-0.4, -0.2) is 17.0 Å². The summed E-state index contributed by atoms with van der Waals surface area (Å²) in [5.74, 6) is 5.48. The number of fused-ring (bicyclic) bond motifs is 5. The first-order chi connectivity index (χ1) is 14.2. The Morgan fingerprint density at radius 2 is 1.80 bits per heavy atom. The lowest BCUT2D eigenvalue weighted by atomic mass is 9.47. The molecule has 2 heteroatoms. The van der Waals surface area contributed by atoms with Crippen molar-refractivity contribution in [3.8, 4) is 0 Å². The average Bonchev–Trinajstić information content (AvgIpc) is 3.05. The molecule has 3 saturated carbocycles. The molecule has 30 heavy (non-hydrogen) atoms. The smallest absolute Gasteiger partial charge is 0.169 e. The maximum absolute atomic E-state index is 12.6. The second-order valence-electron chi connectivity index (χ2n) is 12.3. The summed E-state index contributed by atoms with van der Waals surface area (Å²) in [5, 5.41) is 12.6. The Balaban J connectivity index is 1.53. The predicted octanol–water partition coefficient (Wildman–Crippen LogP) is 7.46. The van der Waals surface area contributed by atoms with E-state index in [1.807, 2.05) is 0 Å². The second-order valence-corrected chi connectivity index (χ2v) is 12.3. The lowest BCUT2D eigenvalue weighted by Crippen LogP contribution is -2.55. The van der Waals surface area contributed by atoms with Gasteiger partial charge in [0.05, 0.1) is 5.41 Å². The molecule has 0 bridgehead atoms. The molecular formula is C28H47NO. The summed E-state index contributed by atoms with van der Waals surface area (Å²) >= 11 is 0. The van der Waals surface area contributed by atoms with Crippen molar-refractivity contribution in [3.63, 3.8) is 0 Å². The third kappa shape index (κ3) is 3.49. The molecule has 0 saturated heterocycles. The van der Waals surface area contributed by atoms with E-state index in [9.17, 15) is 5.21 Å². The third-order valence-electron chi connectivity index (χ3n) is 10.7. The first-order valence-electron chi connectivity index (χ1n) is 13.2. The molecule has 4 aliphatic rings. The van der Waals surface area contributed by atoms with E-state index in [1.165, 1.54) is 55.4 Å². The SMILES string of the molecule is CCC(/C=C/[C@@H](C)[C@H]1CC[C@H]2[C@@H]3CCC4=[N+]([O-])CCC[C@]4(C)[C@H]3CC[C@]12C)C(C)C. The van der Waals surface area contributed by atoms with Crippen molar-refractivity contribution < 1.29 is 4.74 Å². The minimum atomic E-state index is 0.194. The molecule has 1 heterocycles. The topological polar surface area (TPSA) is 26.1 Å². The summed E-state index contributed by atoms with van der Waals surface area (Å²) in [5.41, 5.74) is 1.97. The van der Waals surface area contributed by atoms with E-state index in [2.05, 4.69) is 53.7 Å². The van der Waals surface area contributed by atoms with Gasteiger partial charge in [-0.15, -0.1) is 0 Å². The highest BCUT2D eigenvalue weighted by Gasteiger charge is 2.61.